The Morgan fingerprint density at radius 3 is 2.72 bits per heavy atom. The Morgan fingerprint density at radius 2 is 2.06 bits per heavy atom. The van der Waals surface area contributed by atoms with Gasteiger partial charge in [0.1, 0.15) is 0 Å². The number of hydrogen-bond donors (Lipinski definition) is 0. The van der Waals surface area contributed by atoms with Crippen molar-refractivity contribution in [3.63, 3.8) is 0 Å². The van der Waals surface area contributed by atoms with Crippen LogP contribution in [0.15, 0.2) is 4.42 Å². The molecule has 4 heteroatoms. The summed E-state index contributed by atoms with van der Waals surface area (Å²) in [6.45, 7) is 11.1. The molecule has 2 fully saturated rings. The van der Waals surface area contributed by atoms with Crippen LogP contribution in [0.4, 0.5) is 0 Å². The summed E-state index contributed by atoms with van der Waals surface area (Å²) >= 11 is 0. The van der Waals surface area contributed by atoms with Crippen molar-refractivity contribution in [2.45, 2.75) is 59.5 Å². The fraction of sp³-hybridized carbons (Fsp3) is 0.857. The van der Waals surface area contributed by atoms with E-state index in [2.05, 4.69) is 35.9 Å². The van der Waals surface area contributed by atoms with E-state index in [0.29, 0.717) is 22.8 Å². The zero-order chi connectivity index (χ0) is 13.0. The van der Waals surface area contributed by atoms with Crippen LogP contribution < -0.4 is 0 Å². The van der Waals surface area contributed by atoms with E-state index in [1.165, 1.54) is 25.8 Å². The van der Waals surface area contributed by atoms with Crippen LogP contribution in [0.1, 0.15) is 51.8 Å². The molecule has 1 saturated carbocycles. The maximum atomic E-state index is 5.51. The lowest BCUT2D eigenvalue weighted by Gasteiger charge is -2.39. The maximum Gasteiger partial charge on any atom is 0.230 e. The Bertz CT molecular complexity index is 454. The van der Waals surface area contributed by atoms with Crippen LogP contribution in [0.3, 0.4) is 0 Å². The summed E-state index contributed by atoms with van der Waals surface area (Å²) in [6, 6.07) is 0.686. The first-order valence-electron chi connectivity index (χ1n) is 6.88. The lowest BCUT2D eigenvalue weighted by Crippen LogP contribution is -2.34. The number of likely N-dealkylation sites (tertiary alicyclic amines) is 1. The molecule has 3 rings (SSSR count). The number of aromatic nitrogens is 2. The summed E-state index contributed by atoms with van der Waals surface area (Å²) in [7, 11) is 0. The highest BCUT2D eigenvalue weighted by atomic mass is 16.4. The summed E-state index contributed by atoms with van der Waals surface area (Å²) in [5, 5.41) is 8.04. The lowest BCUT2D eigenvalue weighted by atomic mass is 9.65. The first-order valence-corrected chi connectivity index (χ1v) is 6.88. The van der Waals surface area contributed by atoms with Crippen LogP contribution in [0.2, 0.25) is 0 Å². The summed E-state index contributed by atoms with van der Waals surface area (Å²) in [5.41, 5.74) is 0.943. The van der Waals surface area contributed by atoms with Crippen molar-refractivity contribution in [1.29, 1.82) is 0 Å². The molecule has 0 spiro atoms. The Balaban J connectivity index is 1.76. The number of fused-ring (bicyclic) bond motifs is 2. The predicted octanol–water partition coefficient (Wildman–Crippen LogP) is 2.78. The predicted molar refractivity (Wildman–Crippen MR) is 69.0 cm³/mol. The third-order valence-corrected chi connectivity index (χ3v) is 4.43. The summed E-state index contributed by atoms with van der Waals surface area (Å²) in [5.74, 6) is 1.43. The van der Waals surface area contributed by atoms with Crippen molar-refractivity contribution in [3.05, 3.63) is 11.8 Å². The molecule has 1 aromatic rings. The van der Waals surface area contributed by atoms with E-state index in [4.69, 9.17) is 4.42 Å². The molecule has 2 aliphatic rings. The minimum absolute atomic E-state index is 0.469. The molecular formula is C14H23N3O. The Labute approximate surface area is 109 Å². The van der Waals surface area contributed by atoms with E-state index in [1.54, 1.807) is 0 Å². The number of nitrogens with zero attached hydrogens (tertiary/aromatic N) is 3. The van der Waals surface area contributed by atoms with E-state index < -0.39 is 0 Å². The molecule has 1 aliphatic carbocycles. The standard InChI is InChI=1S/C14H23N3O/c1-10-15-16-12(18-10)7-17-9-14(4)6-11(17)5-13(2,3)8-14/h11H,5-9H2,1-4H3. The van der Waals surface area contributed by atoms with Gasteiger partial charge in [0.25, 0.3) is 0 Å². The Morgan fingerprint density at radius 1 is 1.28 bits per heavy atom. The third kappa shape index (κ3) is 2.18. The van der Waals surface area contributed by atoms with Gasteiger partial charge in [-0.3, -0.25) is 4.90 Å². The van der Waals surface area contributed by atoms with Gasteiger partial charge in [-0.2, -0.15) is 0 Å². The van der Waals surface area contributed by atoms with Gasteiger partial charge in [0.05, 0.1) is 6.54 Å². The van der Waals surface area contributed by atoms with Gasteiger partial charge in [-0.25, -0.2) is 0 Å². The van der Waals surface area contributed by atoms with Gasteiger partial charge in [0.15, 0.2) is 0 Å². The van der Waals surface area contributed by atoms with Crippen molar-refractivity contribution >= 4 is 0 Å². The van der Waals surface area contributed by atoms with Gasteiger partial charge in [-0.05, 0) is 30.1 Å². The van der Waals surface area contributed by atoms with Gasteiger partial charge in [0, 0.05) is 19.5 Å². The molecule has 1 saturated heterocycles. The Hall–Kier alpha value is -0.900. The second-order valence-electron chi connectivity index (χ2n) is 7.33. The van der Waals surface area contributed by atoms with E-state index in [-0.39, 0.29) is 0 Å². The van der Waals surface area contributed by atoms with Gasteiger partial charge in [-0.1, -0.05) is 20.8 Å². The zero-order valence-electron chi connectivity index (χ0n) is 11.9. The fourth-order valence-electron chi connectivity index (χ4n) is 4.34. The summed E-state index contributed by atoms with van der Waals surface area (Å²) < 4.78 is 5.51. The van der Waals surface area contributed by atoms with E-state index in [0.717, 1.165) is 12.4 Å². The quantitative estimate of drug-likeness (QED) is 0.808. The van der Waals surface area contributed by atoms with Gasteiger partial charge >= 0.3 is 0 Å². The molecule has 0 radical (unpaired) electrons. The van der Waals surface area contributed by atoms with Gasteiger partial charge in [0.2, 0.25) is 11.8 Å². The number of aryl methyl sites for hydroxylation is 1. The number of hydrogen-bond acceptors (Lipinski definition) is 4. The minimum Gasteiger partial charge on any atom is -0.424 e. The van der Waals surface area contributed by atoms with E-state index >= 15 is 0 Å². The maximum absolute atomic E-state index is 5.51. The van der Waals surface area contributed by atoms with Crippen LogP contribution in [-0.4, -0.2) is 27.7 Å². The molecule has 2 unspecified atom stereocenters. The molecule has 2 bridgehead atoms. The molecule has 4 nitrogen and oxygen atoms in total. The van der Waals surface area contributed by atoms with Crippen molar-refractivity contribution in [2.24, 2.45) is 10.8 Å². The largest absolute Gasteiger partial charge is 0.424 e. The van der Waals surface area contributed by atoms with Gasteiger partial charge in [-0.15, -0.1) is 10.2 Å². The van der Waals surface area contributed by atoms with E-state index in [1.807, 2.05) is 6.92 Å². The monoisotopic (exact) mass is 249 g/mol. The van der Waals surface area contributed by atoms with Crippen LogP contribution >= 0.6 is 0 Å². The highest BCUT2D eigenvalue weighted by molar-refractivity contribution is 5.03. The number of rotatable bonds is 2. The second kappa shape index (κ2) is 3.80. The van der Waals surface area contributed by atoms with Gasteiger partial charge < -0.3 is 4.42 Å². The van der Waals surface area contributed by atoms with Crippen molar-refractivity contribution in [2.75, 3.05) is 6.54 Å². The SMILES string of the molecule is Cc1nnc(CN2CC3(C)CC2CC(C)(C)C3)o1. The fourth-order valence-corrected chi connectivity index (χ4v) is 4.34. The topological polar surface area (TPSA) is 42.2 Å². The lowest BCUT2D eigenvalue weighted by molar-refractivity contribution is 0.124. The average molecular weight is 249 g/mol. The first kappa shape index (κ1) is 12.2. The average Bonchev–Trinajstić information content (AvgIpc) is 2.68. The molecule has 2 atom stereocenters. The van der Waals surface area contributed by atoms with Crippen LogP contribution in [-0.2, 0) is 6.54 Å². The smallest absolute Gasteiger partial charge is 0.230 e. The third-order valence-electron chi connectivity index (χ3n) is 4.43. The minimum atomic E-state index is 0.469. The molecule has 18 heavy (non-hydrogen) atoms. The van der Waals surface area contributed by atoms with E-state index in [9.17, 15) is 0 Å². The molecule has 2 heterocycles. The zero-order valence-corrected chi connectivity index (χ0v) is 11.9. The second-order valence-corrected chi connectivity index (χ2v) is 7.33. The first-order chi connectivity index (χ1) is 8.35. The highest BCUT2D eigenvalue weighted by Crippen LogP contribution is 2.52. The van der Waals surface area contributed by atoms with Crippen LogP contribution in [0.25, 0.3) is 0 Å². The van der Waals surface area contributed by atoms with Crippen molar-refractivity contribution in [1.82, 2.24) is 15.1 Å². The molecule has 1 aliphatic heterocycles. The highest BCUT2D eigenvalue weighted by Gasteiger charge is 2.49. The molecule has 0 aromatic carbocycles. The van der Waals surface area contributed by atoms with Crippen molar-refractivity contribution in [3.8, 4) is 0 Å². The van der Waals surface area contributed by atoms with Crippen molar-refractivity contribution < 1.29 is 4.42 Å². The molecular weight excluding hydrogens is 226 g/mol. The molecule has 0 amide bonds. The summed E-state index contributed by atoms with van der Waals surface area (Å²) in [4.78, 5) is 2.54. The molecule has 0 N–H and O–H groups in total. The van der Waals surface area contributed by atoms with Crippen LogP contribution in [0, 0.1) is 17.8 Å². The molecule has 100 valence electrons. The van der Waals surface area contributed by atoms with Crippen LogP contribution in [0.5, 0.6) is 0 Å². The Kier molecular flexibility index (Phi) is 2.56. The normalized spacial score (nSPS) is 35.0. The molecule has 1 aromatic heterocycles. The summed E-state index contributed by atoms with van der Waals surface area (Å²) in [6.07, 6.45) is 3.94.